The van der Waals surface area contributed by atoms with E-state index in [9.17, 15) is 22.8 Å². The third-order valence-corrected chi connectivity index (χ3v) is 2.86. The summed E-state index contributed by atoms with van der Waals surface area (Å²) in [7, 11) is 0. The lowest BCUT2D eigenvalue weighted by molar-refractivity contribution is -0.147. The Morgan fingerprint density at radius 3 is 2.18 bits per heavy atom. The largest absolute Gasteiger partial charge is 0.484 e. The van der Waals surface area contributed by atoms with E-state index in [1.807, 2.05) is 0 Å². The van der Waals surface area contributed by atoms with E-state index in [0.29, 0.717) is 0 Å². The Hall–Kier alpha value is -2.25. The van der Waals surface area contributed by atoms with Crippen LogP contribution in [0.5, 0.6) is 5.75 Å². The second-order valence-electron chi connectivity index (χ2n) is 5.28. The molecule has 0 aliphatic heterocycles. The number of aliphatic carboxylic acids is 1. The molecule has 22 heavy (non-hydrogen) atoms. The molecule has 122 valence electrons. The molecule has 0 fully saturated rings. The Labute approximate surface area is 125 Å². The molecule has 1 aromatic carbocycles. The first-order chi connectivity index (χ1) is 10.0. The molecule has 1 aromatic rings. The van der Waals surface area contributed by atoms with Crippen molar-refractivity contribution < 1.29 is 32.6 Å². The monoisotopic (exact) mass is 319 g/mol. The summed E-state index contributed by atoms with van der Waals surface area (Å²) in [6.07, 6.45) is -4.43. The van der Waals surface area contributed by atoms with Gasteiger partial charge in [-0.25, -0.2) is 0 Å². The molecular weight excluding hydrogens is 303 g/mol. The summed E-state index contributed by atoms with van der Waals surface area (Å²) >= 11 is 0. The molecule has 5 nitrogen and oxygen atoms in total. The highest BCUT2D eigenvalue weighted by Crippen LogP contribution is 2.30. The summed E-state index contributed by atoms with van der Waals surface area (Å²) < 4.78 is 42.1. The molecule has 0 spiro atoms. The smallest absolute Gasteiger partial charge is 0.416 e. The number of hydrogen-bond donors (Lipinski definition) is 2. The minimum atomic E-state index is -4.43. The van der Waals surface area contributed by atoms with Crippen molar-refractivity contribution in [3.63, 3.8) is 0 Å². The number of amides is 1. The van der Waals surface area contributed by atoms with Crippen molar-refractivity contribution in [3.8, 4) is 5.75 Å². The predicted octanol–water partition coefficient (Wildman–Crippen LogP) is 2.31. The lowest BCUT2D eigenvalue weighted by Crippen LogP contribution is -2.40. The molecule has 0 bridgehead atoms. The highest BCUT2D eigenvalue weighted by atomic mass is 19.4. The SMILES string of the molecule is CC(C)(CNC(=O)COc1ccc(C(F)(F)F)cc1)C(=O)O. The molecule has 0 aliphatic rings. The van der Waals surface area contributed by atoms with Crippen LogP contribution in [0.4, 0.5) is 13.2 Å². The van der Waals surface area contributed by atoms with Crippen molar-refractivity contribution in [3.05, 3.63) is 29.8 Å². The van der Waals surface area contributed by atoms with Crippen molar-refractivity contribution in [2.45, 2.75) is 20.0 Å². The van der Waals surface area contributed by atoms with Gasteiger partial charge in [0.1, 0.15) is 5.75 Å². The summed E-state index contributed by atoms with van der Waals surface area (Å²) in [5.41, 5.74) is -1.93. The fourth-order valence-corrected chi connectivity index (χ4v) is 1.34. The van der Waals surface area contributed by atoms with E-state index in [1.54, 1.807) is 0 Å². The van der Waals surface area contributed by atoms with Gasteiger partial charge < -0.3 is 15.2 Å². The van der Waals surface area contributed by atoms with Crippen LogP contribution in [0.1, 0.15) is 19.4 Å². The number of nitrogens with one attached hydrogen (secondary N) is 1. The molecule has 0 atom stereocenters. The van der Waals surface area contributed by atoms with Crippen molar-refractivity contribution in [2.24, 2.45) is 5.41 Å². The van der Waals surface area contributed by atoms with Gasteiger partial charge in [-0.1, -0.05) is 0 Å². The summed E-state index contributed by atoms with van der Waals surface area (Å²) in [4.78, 5) is 22.4. The predicted molar refractivity (Wildman–Crippen MR) is 71.4 cm³/mol. The lowest BCUT2D eigenvalue weighted by Gasteiger charge is -2.19. The van der Waals surface area contributed by atoms with Gasteiger partial charge in [-0.15, -0.1) is 0 Å². The van der Waals surface area contributed by atoms with Crippen molar-refractivity contribution in [1.29, 1.82) is 0 Å². The molecule has 8 heteroatoms. The van der Waals surface area contributed by atoms with Crippen LogP contribution in [-0.2, 0) is 15.8 Å². The average molecular weight is 319 g/mol. The van der Waals surface area contributed by atoms with Crippen LogP contribution in [0.2, 0.25) is 0 Å². The zero-order valence-corrected chi connectivity index (χ0v) is 12.0. The molecule has 2 N–H and O–H groups in total. The molecule has 0 heterocycles. The second-order valence-corrected chi connectivity index (χ2v) is 5.28. The van der Waals surface area contributed by atoms with Crippen molar-refractivity contribution in [2.75, 3.05) is 13.2 Å². The van der Waals surface area contributed by atoms with Crippen LogP contribution in [0.3, 0.4) is 0 Å². The Kier molecular flexibility index (Phi) is 5.40. The maximum atomic E-state index is 12.4. The van der Waals surface area contributed by atoms with Gasteiger partial charge in [-0.3, -0.25) is 9.59 Å². The Morgan fingerprint density at radius 2 is 1.73 bits per heavy atom. The number of halogens is 3. The van der Waals surface area contributed by atoms with Crippen LogP contribution in [0.25, 0.3) is 0 Å². The molecule has 0 radical (unpaired) electrons. The first-order valence-corrected chi connectivity index (χ1v) is 6.32. The van der Waals surface area contributed by atoms with E-state index in [-0.39, 0.29) is 12.3 Å². The van der Waals surface area contributed by atoms with Gasteiger partial charge in [0.05, 0.1) is 11.0 Å². The molecule has 0 saturated carbocycles. The van der Waals surface area contributed by atoms with Gasteiger partial charge in [0, 0.05) is 6.54 Å². The first kappa shape index (κ1) is 17.8. The van der Waals surface area contributed by atoms with E-state index in [2.05, 4.69) is 5.32 Å². The molecule has 1 amide bonds. The van der Waals surface area contributed by atoms with Crippen LogP contribution < -0.4 is 10.1 Å². The lowest BCUT2D eigenvalue weighted by atomic mass is 9.94. The fraction of sp³-hybridized carbons (Fsp3) is 0.429. The maximum Gasteiger partial charge on any atom is 0.416 e. The van der Waals surface area contributed by atoms with Crippen molar-refractivity contribution >= 4 is 11.9 Å². The number of rotatable bonds is 6. The molecule has 0 aromatic heterocycles. The first-order valence-electron chi connectivity index (χ1n) is 6.32. The number of carbonyl (C=O) groups is 2. The van der Waals surface area contributed by atoms with Gasteiger partial charge in [0.2, 0.25) is 0 Å². The number of carboxylic acid groups (broad SMARTS) is 1. The number of carboxylic acids is 1. The van der Waals surface area contributed by atoms with Gasteiger partial charge in [-0.2, -0.15) is 13.2 Å². The normalized spacial score (nSPS) is 11.9. The summed E-state index contributed by atoms with van der Waals surface area (Å²) in [6.45, 7) is 2.40. The number of carbonyl (C=O) groups excluding carboxylic acids is 1. The topological polar surface area (TPSA) is 75.6 Å². The third kappa shape index (κ3) is 5.27. The number of ether oxygens (including phenoxy) is 1. The summed E-state index contributed by atoms with van der Waals surface area (Å²) in [6, 6.07) is 3.91. The molecule has 0 unspecified atom stereocenters. The van der Waals surface area contributed by atoms with Gasteiger partial charge in [0.25, 0.3) is 5.91 Å². The second kappa shape index (κ2) is 6.67. The van der Waals surface area contributed by atoms with Crippen molar-refractivity contribution in [1.82, 2.24) is 5.32 Å². The van der Waals surface area contributed by atoms with Crippen LogP contribution in [0.15, 0.2) is 24.3 Å². The minimum Gasteiger partial charge on any atom is -0.484 e. The average Bonchev–Trinajstić information content (AvgIpc) is 2.42. The Bertz CT molecular complexity index is 538. The maximum absolute atomic E-state index is 12.4. The van der Waals surface area contributed by atoms with Gasteiger partial charge in [-0.05, 0) is 38.1 Å². The van der Waals surface area contributed by atoms with Crippen LogP contribution in [-0.4, -0.2) is 30.1 Å². The number of alkyl halides is 3. The zero-order valence-electron chi connectivity index (χ0n) is 12.0. The van der Waals surface area contributed by atoms with Crippen LogP contribution in [0, 0.1) is 5.41 Å². The van der Waals surface area contributed by atoms with E-state index >= 15 is 0 Å². The molecular formula is C14H16F3NO4. The van der Waals surface area contributed by atoms with E-state index in [4.69, 9.17) is 9.84 Å². The standard InChI is InChI=1S/C14H16F3NO4/c1-13(2,12(20)21)8-18-11(19)7-22-10-5-3-9(4-6-10)14(15,16)17/h3-6H,7-8H2,1-2H3,(H,18,19)(H,20,21). The highest BCUT2D eigenvalue weighted by molar-refractivity contribution is 5.79. The van der Waals surface area contributed by atoms with Gasteiger partial charge >= 0.3 is 12.1 Å². The number of benzene rings is 1. The fourth-order valence-electron chi connectivity index (χ4n) is 1.34. The summed E-state index contributed by atoms with van der Waals surface area (Å²) in [5.74, 6) is -1.51. The van der Waals surface area contributed by atoms with Crippen LogP contribution >= 0.6 is 0 Å². The summed E-state index contributed by atoms with van der Waals surface area (Å²) in [5, 5.41) is 11.3. The Balaban J connectivity index is 2.46. The highest BCUT2D eigenvalue weighted by Gasteiger charge is 2.30. The Morgan fingerprint density at radius 1 is 1.18 bits per heavy atom. The van der Waals surface area contributed by atoms with Gasteiger partial charge in [0.15, 0.2) is 6.61 Å². The molecule has 0 saturated heterocycles. The van der Waals surface area contributed by atoms with E-state index < -0.39 is 35.6 Å². The van der Waals surface area contributed by atoms with E-state index in [0.717, 1.165) is 24.3 Å². The quantitative estimate of drug-likeness (QED) is 0.844. The third-order valence-electron chi connectivity index (χ3n) is 2.86. The molecule has 1 rings (SSSR count). The minimum absolute atomic E-state index is 0.0858. The number of hydrogen-bond acceptors (Lipinski definition) is 3. The van der Waals surface area contributed by atoms with E-state index in [1.165, 1.54) is 13.8 Å². The molecule has 0 aliphatic carbocycles. The zero-order chi connectivity index (χ0) is 17.0.